The fourth-order valence-electron chi connectivity index (χ4n) is 2.98. The normalized spacial score (nSPS) is 25.1. The molecule has 2 rings (SSSR count). The van der Waals surface area contributed by atoms with E-state index in [1.807, 2.05) is 0 Å². The second-order valence-corrected chi connectivity index (χ2v) is 5.70. The van der Waals surface area contributed by atoms with Gasteiger partial charge in [-0.15, -0.1) is 0 Å². The average molecular weight is 269 g/mol. The molecular weight excluding hydrogens is 246 g/mol. The molecule has 1 unspecified atom stereocenters. The highest BCUT2D eigenvalue weighted by molar-refractivity contribution is 5.73. The zero-order chi connectivity index (χ0) is 13.7. The number of amides is 1. The van der Waals surface area contributed by atoms with E-state index < -0.39 is 11.9 Å². The van der Waals surface area contributed by atoms with E-state index in [9.17, 15) is 9.59 Å². The second-order valence-electron chi connectivity index (χ2n) is 5.70. The molecule has 0 spiro atoms. The van der Waals surface area contributed by atoms with Crippen molar-refractivity contribution >= 4 is 12.1 Å². The van der Waals surface area contributed by atoms with E-state index in [1.165, 1.54) is 19.3 Å². The fourth-order valence-corrected chi connectivity index (χ4v) is 2.98. The van der Waals surface area contributed by atoms with Gasteiger partial charge in [0.1, 0.15) is 0 Å². The summed E-state index contributed by atoms with van der Waals surface area (Å²) in [6.07, 6.45) is 7.10. The zero-order valence-electron chi connectivity index (χ0n) is 11.3. The van der Waals surface area contributed by atoms with E-state index in [2.05, 4.69) is 0 Å². The highest BCUT2D eigenvalue weighted by Crippen LogP contribution is 2.24. The molecule has 2 aliphatic rings. The minimum Gasteiger partial charge on any atom is -0.481 e. The number of ether oxygens (including phenoxy) is 1. The average Bonchev–Trinajstić information content (AvgIpc) is 2.46. The van der Waals surface area contributed by atoms with Crippen molar-refractivity contribution in [1.29, 1.82) is 0 Å². The zero-order valence-corrected chi connectivity index (χ0v) is 11.3. The van der Waals surface area contributed by atoms with Crippen LogP contribution >= 0.6 is 0 Å². The number of carbonyl (C=O) groups is 2. The molecule has 1 saturated carbocycles. The molecule has 1 heterocycles. The number of rotatable bonds is 3. The molecule has 1 N–H and O–H groups in total. The van der Waals surface area contributed by atoms with E-state index in [0.717, 1.165) is 19.3 Å². The number of piperidine rings is 1. The van der Waals surface area contributed by atoms with Crippen LogP contribution in [0.1, 0.15) is 44.9 Å². The van der Waals surface area contributed by atoms with Crippen molar-refractivity contribution in [3.05, 3.63) is 0 Å². The van der Waals surface area contributed by atoms with Crippen LogP contribution in [0.25, 0.3) is 0 Å². The molecule has 0 aromatic heterocycles. The van der Waals surface area contributed by atoms with Crippen molar-refractivity contribution in [2.24, 2.45) is 11.8 Å². The number of hydrogen-bond donors (Lipinski definition) is 1. The molecule has 1 atom stereocenters. The highest BCUT2D eigenvalue weighted by atomic mass is 16.6. The van der Waals surface area contributed by atoms with Gasteiger partial charge < -0.3 is 14.7 Å². The molecule has 1 saturated heterocycles. The first-order valence-corrected chi connectivity index (χ1v) is 7.31. The molecule has 108 valence electrons. The lowest BCUT2D eigenvalue weighted by Gasteiger charge is -2.30. The predicted molar refractivity (Wildman–Crippen MR) is 69.9 cm³/mol. The highest BCUT2D eigenvalue weighted by Gasteiger charge is 2.29. The lowest BCUT2D eigenvalue weighted by Crippen LogP contribution is -2.43. The van der Waals surface area contributed by atoms with Crippen LogP contribution in [0.4, 0.5) is 4.79 Å². The summed E-state index contributed by atoms with van der Waals surface area (Å²) in [6.45, 7) is 1.40. The number of likely N-dealkylation sites (tertiary alicyclic amines) is 1. The molecular formula is C14H23NO4. The Morgan fingerprint density at radius 2 is 1.84 bits per heavy atom. The minimum atomic E-state index is -0.815. The first kappa shape index (κ1) is 14.2. The van der Waals surface area contributed by atoms with Gasteiger partial charge in [-0.1, -0.05) is 19.3 Å². The Bertz CT molecular complexity index is 325. The van der Waals surface area contributed by atoms with Gasteiger partial charge >= 0.3 is 12.1 Å². The van der Waals surface area contributed by atoms with E-state index >= 15 is 0 Å². The standard InChI is InChI=1S/C14H23NO4/c16-13(17)12-7-4-8-15(9-12)14(18)19-10-11-5-2-1-3-6-11/h11-12H,1-10H2,(H,16,17). The predicted octanol–water partition coefficient (Wildman–Crippen LogP) is 2.50. The summed E-state index contributed by atoms with van der Waals surface area (Å²) in [6, 6.07) is 0. The van der Waals surface area contributed by atoms with Crippen LogP contribution in [-0.2, 0) is 9.53 Å². The number of nitrogens with zero attached hydrogens (tertiary/aromatic N) is 1. The summed E-state index contributed by atoms with van der Waals surface area (Å²) in [5, 5.41) is 8.99. The second kappa shape index (κ2) is 6.78. The Morgan fingerprint density at radius 3 is 2.53 bits per heavy atom. The van der Waals surface area contributed by atoms with Crippen molar-refractivity contribution in [3.8, 4) is 0 Å². The van der Waals surface area contributed by atoms with Crippen LogP contribution in [-0.4, -0.2) is 41.8 Å². The van der Waals surface area contributed by atoms with E-state index in [0.29, 0.717) is 32.0 Å². The molecule has 2 fully saturated rings. The van der Waals surface area contributed by atoms with Gasteiger partial charge in [0.05, 0.1) is 12.5 Å². The number of carbonyl (C=O) groups excluding carboxylic acids is 1. The maximum Gasteiger partial charge on any atom is 0.409 e. The smallest absolute Gasteiger partial charge is 0.409 e. The van der Waals surface area contributed by atoms with Gasteiger partial charge in [-0.05, 0) is 31.6 Å². The van der Waals surface area contributed by atoms with Gasteiger partial charge in [0.15, 0.2) is 0 Å². The molecule has 0 aromatic carbocycles. The van der Waals surface area contributed by atoms with Crippen LogP contribution in [0, 0.1) is 11.8 Å². The summed E-state index contributed by atoms with van der Waals surface area (Å²) in [5.41, 5.74) is 0. The van der Waals surface area contributed by atoms with Crippen molar-refractivity contribution in [1.82, 2.24) is 4.90 Å². The van der Waals surface area contributed by atoms with Gasteiger partial charge in [-0.2, -0.15) is 0 Å². The van der Waals surface area contributed by atoms with Crippen LogP contribution < -0.4 is 0 Å². The topological polar surface area (TPSA) is 66.8 Å². The molecule has 1 aliphatic heterocycles. The first-order valence-electron chi connectivity index (χ1n) is 7.31. The van der Waals surface area contributed by atoms with Crippen LogP contribution in [0.5, 0.6) is 0 Å². The third-order valence-corrected chi connectivity index (χ3v) is 4.20. The third-order valence-electron chi connectivity index (χ3n) is 4.20. The van der Waals surface area contributed by atoms with Crippen LogP contribution in [0.15, 0.2) is 0 Å². The lowest BCUT2D eigenvalue weighted by molar-refractivity contribution is -0.143. The molecule has 0 radical (unpaired) electrons. The van der Waals surface area contributed by atoms with Crippen molar-refractivity contribution < 1.29 is 19.4 Å². The number of aliphatic carboxylic acids is 1. The minimum absolute atomic E-state index is 0.291. The summed E-state index contributed by atoms with van der Waals surface area (Å²) >= 11 is 0. The van der Waals surface area contributed by atoms with Gasteiger partial charge in [-0.3, -0.25) is 4.79 Å². The van der Waals surface area contributed by atoms with Crippen molar-refractivity contribution in [2.45, 2.75) is 44.9 Å². The SMILES string of the molecule is O=C(O)C1CCCN(C(=O)OCC2CCCCC2)C1. The van der Waals surface area contributed by atoms with Gasteiger partial charge in [0.25, 0.3) is 0 Å². The third kappa shape index (κ3) is 4.11. The summed E-state index contributed by atoms with van der Waals surface area (Å²) in [5.74, 6) is -0.751. The lowest BCUT2D eigenvalue weighted by atomic mass is 9.90. The quantitative estimate of drug-likeness (QED) is 0.854. The largest absolute Gasteiger partial charge is 0.481 e. The van der Waals surface area contributed by atoms with Gasteiger partial charge in [0.2, 0.25) is 0 Å². The summed E-state index contributed by atoms with van der Waals surface area (Å²) < 4.78 is 5.34. The van der Waals surface area contributed by atoms with E-state index in [-0.39, 0.29) is 6.09 Å². The van der Waals surface area contributed by atoms with E-state index in [4.69, 9.17) is 9.84 Å². The Balaban J connectivity index is 1.74. The Hall–Kier alpha value is -1.26. The maximum atomic E-state index is 11.9. The van der Waals surface area contributed by atoms with Crippen LogP contribution in [0.3, 0.4) is 0 Å². The van der Waals surface area contributed by atoms with E-state index in [1.54, 1.807) is 4.90 Å². The Labute approximate surface area is 113 Å². The summed E-state index contributed by atoms with van der Waals surface area (Å²) in [7, 11) is 0. The Kier molecular flexibility index (Phi) is 5.05. The molecule has 1 amide bonds. The number of carboxylic acid groups (broad SMARTS) is 1. The van der Waals surface area contributed by atoms with Gasteiger partial charge in [-0.25, -0.2) is 4.79 Å². The monoisotopic (exact) mass is 269 g/mol. The number of carboxylic acids is 1. The number of hydrogen-bond acceptors (Lipinski definition) is 3. The van der Waals surface area contributed by atoms with Crippen LogP contribution in [0.2, 0.25) is 0 Å². The fraction of sp³-hybridized carbons (Fsp3) is 0.857. The molecule has 0 aromatic rings. The Morgan fingerprint density at radius 1 is 1.11 bits per heavy atom. The molecule has 0 bridgehead atoms. The molecule has 5 heteroatoms. The van der Waals surface area contributed by atoms with Gasteiger partial charge in [0, 0.05) is 13.1 Å². The molecule has 19 heavy (non-hydrogen) atoms. The molecule has 1 aliphatic carbocycles. The van der Waals surface area contributed by atoms with Crippen molar-refractivity contribution in [3.63, 3.8) is 0 Å². The molecule has 5 nitrogen and oxygen atoms in total. The summed E-state index contributed by atoms with van der Waals surface area (Å²) in [4.78, 5) is 24.4. The first-order chi connectivity index (χ1) is 9.16. The van der Waals surface area contributed by atoms with Crippen molar-refractivity contribution in [2.75, 3.05) is 19.7 Å². The maximum absolute atomic E-state index is 11.9.